The van der Waals surface area contributed by atoms with Gasteiger partial charge in [0.05, 0.1) is 22.5 Å². The van der Waals surface area contributed by atoms with Gasteiger partial charge in [-0.25, -0.2) is 0 Å². The number of primary amides is 1. The molecule has 4 rings (SSSR count). The number of carbonyl (C=O) groups excluding carboxylic acids is 4. The average molecular weight is 575 g/mol. The fourth-order valence-electron chi connectivity index (χ4n) is 8.92. The molecule has 0 radical (unpaired) electrons. The van der Waals surface area contributed by atoms with E-state index in [0.29, 0.717) is 0 Å². The first-order valence-corrected chi connectivity index (χ1v) is 13.8. The van der Waals surface area contributed by atoms with Gasteiger partial charge < -0.3 is 26.2 Å². The monoisotopic (exact) mass is 574 g/mol. The standard InChI is InChI=1S/C29H38N2O10/c1-7-13(32)10-16-27(5)12(4)14-8-9-15(31(40)41)21(33)17(14)22(34)20(27)25(37)29(39)24(36)18(26(30)38)23(35)19(11(2)3)28(16,29)6/h8-9,11-12,16,18-20,23,25,33,35,37,39H,7,10H2,1-6H3,(H2,30,38)/t12-,16-,18-,19+,20-,23?,25?,27-,28-,29+/m1/s1. The average Bonchev–Trinajstić information content (AvgIpc) is 2.87. The first-order valence-electron chi connectivity index (χ1n) is 13.8. The second-order valence-electron chi connectivity index (χ2n) is 12.7. The zero-order chi connectivity index (χ0) is 31.1. The Kier molecular flexibility index (Phi) is 7.25. The number of hydrogen-bond donors (Lipinski definition) is 5. The van der Waals surface area contributed by atoms with Crippen molar-refractivity contribution < 1.29 is 44.5 Å². The Balaban J connectivity index is 2.13. The third kappa shape index (κ3) is 3.63. The highest BCUT2D eigenvalue weighted by molar-refractivity contribution is 6.09. The maximum Gasteiger partial charge on any atom is 0.311 e. The molecule has 0 heterocycles. The Labute approximate surface area is 237 Å². The van der Waals surface area contributed by atoms with Gasteiger partial charge in [-0.2, -0.15) is 0 Å². The SMILES string of the molecule is CCC(=O)C[C@@H]1[C@@]2(C)[C@H](C)c3ccc([N+](=O)[O-])c(O)c3C(=O)[C@@H]2C(O)[C@@]2(O)C(=O)[C@H](C(N)=O)C(O)[C@H](C(C)C)[C@@]12C. The summed E-state index contributed by atoms with van der Waals surface area (Å²) in [4.78, 5) is 64.6. The number of hydrogen-bond acceptors (Lipinski definition) is 10. The van der Waals surface area contributed by atoms with Crippen LogP contribution in [0.4, 0.5) is 5.69 Å². The highest BCUT2D eigenvalue weighted by atomic mass is 16.6. The first-order chi connectivity index (χ1) is 18.9. The van der Waals surface area contributed by atoms with Crippen LogP contribution in [0.1, 0.15) is 76.2 Å². The van der Waals surface area contributed by atoms with Gasteiger partial charge >= 0.3 is 5.69 Å². The number of nitro benzene ring substituents is 1. The predicted octanol–water partition coefficient (Wildman–Crippen LogP) is 1.64. The van der Waals surface area contributed by atoms with Crippen molar-refractivity contribution in [2.75, 3.05) is 0 Å². The van der Waals surface area contributed by atoms with Crippen molar-refractivity contribution in [2.24, 2.45) is 46.2 Å². The van der Waals surface area contributed by atoms with Gasteiger partial charge in [-0.15, -0.1) is 0 Å². The number of carbonyl (C=O) groups is 4. The predicted molar refractivity (Wildman–Crippen MR) is 144 cm³/mol. The molecule has 0 bridgehead atoms. The Morgan fingerprint density at radius 3 is 2.24 bits per heavy atom. The van der Waals surface area contributed by atoms with E-state index < -0.39 is 104 Å². The summed E-state index contributed by atoms with van der Waals surface area (Å²) in [7, 11) is 0. The minimum Gasteiger partial charge on any atom is -0.502 e. The van der Waals surface area contributed by atoms with Crippen molar-refractivity contribution >= 4 is 28.9 Å². The van der Waals surface area contributed by atoms with E-state index in [1.165, 1.54) is 13.0 Å². The zero-order valence-corrected chi connectivity index (χ0v) is 24.0. The maximum atomic E-state index is 14.2. The largest absolute Gasteiger partial charge is 0.502 e. The molecule has 0 saturated heterocycles. The van der Waals surface area contributed by atoms with E-state index in [1.807, 2.05) is 0 Å². The van der Waals surface area contributed by atoms with Crippen LogP contribution >= 0.6 is 0 Å². The molecule has 1 aromatic rings. The number of aliphatic hydroxyl groups excluding tert-OH is 2. The summed E-state index contributed by atoms with van der Waals surface area (Å²) in [5, 5.41) is 58.3. The van der Waals surface area contributed by atoms with Gasteiger partial charge in [0.25, 0.3) is 0 Å². The van der Waals surface area contributed by atoms with Crippen LogP contribution in [0.5, 0.6) is 5.75 Å². The van der Waals surface area contributed by atoms with Crippen LogP contribution in [0.2, 0.25) is 0 Å². The molecule has 12 heteroatoms. The van der Waals surface area contributed by atoms with Crippen LogP contribution in [-0.2, 0) is 14.4 Å². The molecular weight excluding hydrogens is 536 g/mol. The summed E-state index contributed by atoms with van der Waals surface area (Å²) in [6, 6.07) is 2.43. The normalized spacial score (nSPS) is 40.0. The summed E-state index contributed by atoms with van der Waals surface area (Å²) < 4.78 is 0. The number of phenols is 1. The summed E-state index contributed by atoms with van der Waals surface area (Å²) in [6.07, 6.45) is -3.96. The summed E-state index contributed by atoms with van der Waals surface area (Å²) >= 11 is 0. The molecule has 224 valence electrons. The highest BCUT2D eigenvalue weighted by Gasteiger charge is 2.80. The topological polar surface area (TPSA) is 218 Å². The van der Waals surface area contributed by atoms with Gasteiger partial charge in [0.15, 0.2) is 17.2 Å². The van der Waals surface area contributed by atoms with Gasteiger partial charge in [0, 0.05) is 24.3 Å². The molecule has 12 nitrogen and oxygen atoms in total. The maximum absolute atomic E-state index is 14.2. The number of aliphatic hydroxyl groups is 3. The number of nitrogens with two attached hydrogens (primary N) is 1. The van der Waals surface area contributed by atoms with E-state index in [-0.39, 0.29) is 24.2 Å². The smallest absolute Gasteiger partial charge is 0.311 e. The molecular formula is C29H38N2O10. The lowest BCUT2D eigenvalue weighted by atomic mass is 9.33. The van der Waals surface area contributed by atoms with Crippen LogP contribution in [0.15, 0.2) is 12.1 Å². The van der Waals surface area contributed by atoms with E-state index in [1.54, 1.807) is 34.6 Å². The number of Topliss-reactive ketones (excluding diaryl/α,β-unsaturated/α-hetero) is 3. The molecule has 41 heavy (non-hydrogen) atoms. The molecule has 1 aromatic carbocycles. The van der Waals surface area contributed by atoms with Crippen LogP contribution in [0.25, 0.3) is 0 Å². The summed E-state index contributed by atoms with van der Waals surface area (Å²) in [6.45, 7) is 9.95. The number of fused-ring (bicyclic) bond motifs is 3. The highest BCUT2D eigenvalue weighted by Crippen LogP contribution is 2.71. The Morgan fingerprint density at radius 2 is 1.76 bits per heavy atom. The van der Waals surface area contributed by atoms with Gasteiger partial charge in [0.1, 0.15) is 17.8 Å². The van der Waals surface area contributed by atoms with Crippen molar-refractivity contribution in [3.63, 3.8) is 0 Å². The Bertz CT molecular complexity index is 1360. The number of phenolic OH excluding ortho intramolecular Hbond substituents is 1. The van der Waals surface area contributed by atoms with Crippen molar-refractivity contribution in [3.8, 4) is 5.75 Å². The molecule has 2 fully saturated rings. The summed E-state index contributed by atoms with van der Waals surface area (Å²) in [5.74, 6) is -11.3. The fourth-order valence-corrected chi connectivity index (χ4v) is 8.92. The molecule has 3 aliphatic carbocycles. The van der Waals surface area contributed by atoms with Crippen molar-refractivity contribution in [2.45, 2.75) is 78.1 Å². The molecule has 3 aliphatic rings. The molecule has 6 N–H and O–H groups in total. The van der Waals surface area contributed by atoms with E-state index in [0.717, 1.165) is 6.07 Å². The summed E-state index contributed by atoms with van der Waals surface area (Å²) in [5.41, 5.74) is -1.29. The number of nitrogens with zero attached hydrogens (tertiary/aromatic N) is 1. The minimum atomic E-state index is -2.83. The van der Waals surface area contributed by atoms with Crippen LogP contribution in [-0.4, -0.2) is 66.4 Å². The number of aromatic hydroxyl groups is 1. The van der Waals surface area contributed by atoms with Gasteiger partial charge in [-0.05, 0) is 34.7 Å². The number of ketones is 3. The quantitative estimate of drug-likeness (QED) is 0.188. The van der Waals surface area contributed by atoms with Crippen molar-refractivity contribution in [1.29, 1.82) is 0 Å². The second-order valence-corrected chi connectivity index (χ2v) is 12.7. The molecule has 0 aromatic heterocycles. The van der Waals surface area contributed by atoms with E-state index in [2.05, 4.69) is 0 Å². The first kappa shape index (κ1) is 30.7. The molecule has 1 amide bonds. The van der Waals surface area contributed by atoms with Crippen LogP contribution in [0, 0.1) is 50.5 Å². The molecule has 2 unspecified atom stereocenters. The number of nitro groups is 1. The van der Waals surface area contributed by atoms with Crippen molar-refractivity contribution in [3.05, 3.63) is 33.4 Å². The Morgan fingerprint density at radius 1 is 1.17 bits per heavy atom. The fraction of sp³-hybridized carbons (Fsp3) is 0.655. The van der Waals surface area contributed by atoms with E-state index >= 15 is 0 Å². The lowest BCUT2D eigenvalue weighted by Crippen LogP contribution is -2.82. The van der Waals surface area contributed by atoms with Crippen LogP contribution < -0.4 is 5.73 Å². The van der Waals surface area contributed by atoms with Gasteiger partial charge in [-0.3, -0.25) is 29.3 Å². The van der Waals surface area contributed by atoms with Crippen LogP contribution in [0.3, 0.4) is 0 Å². The zero-order valence-electron chi connectivity index (χ0n) is 24.0. The third-order valence-corrected chi connectivity index (χ3v) is 10.9. The number of rotatable bonds is 6. The van der Waals surface area contributed by atoms with Gasteiger partial charge in [-0.1, -0.05) is 47.6 Å². The number of amides is 1. The third-order valence-electron chi connectivity index (χ3n) is 10.9. The molecule has 0 spiro atoms. The minimum absolute atomic E-state index is 0.0902. The van der Waals surface area contributed by atoms with Crippen molar-refractivity contribution in [1.82, 2.24) is 0 Å². The lowest BCUT2D eigenvalue weighted by molar-refractivity contribution is -0.385. The van der Waals surface area contributed by atoms with E-state index in [4.69, 9.17) is 5.73 Å². The molecule has 0 aliphatic heterocycles. The molecule has 10 atom stereocenters. The van der Waals surface area contributed by atoms with Gasteiger partial charge in [0.2, 0.25) is 11.7 Å². The Hall–Kier alpha value is -3.22. The lowest BCUT2D eigenvalue weighted by Gasteiger charge is -2.71. The molecule has 2 saturated carbocycles. The number of benzene rings is 1. The van der Waals surface area contributed by atoms with E-state index in [9.17, 15) is 49.7 Å². The second kappa shape index (κ2) is 9.67.